The highest BCUT2D eigenvalue weighted by atomic mass is 32.2. The first-order valence-electron chi connectivity index (χ1n) is 14.0. The van der Waals surface area contributed by atoms with Crippen LogP contribution in [0, 0.1) is 12.5 Å². The van der Waals surface area contributed by atoms with E-state index in [9.17, 15) is 26.5 Å². The number of azo groups is 2. The number of terminal acetylenes is 1. The molecule has 0 spiro atoms. The van der Waals surface area contributed by atoms with Crippen LogP contribution in [-0.2, 0) is 47.9 Å². The summed E-state index contributed by atoms with van der Waals surface area (Å²) < 4.78 is 74.7. The minimum Gasteiger partial charge on any atom is -0.505 e. The number of benzene rings is 4. The Morgan fingerprint density at radius 2 is 1.51 bits per heavy atom. The van der Waals surface area contributed by atoms with Crippen LogP contribution in [-0.4, -0.2) is 68.3 Å². The smallest absolute Gasteiger partial charge is 0.296 e. The third kappa shape index (κ3) is 11.0. The predicted octanol–water partition coefficient (Wildman–Crippen LogP) is 6.94. The third-order valence-electron chi connectivity index (χ3n) is 6.57. The van der Waals surface area contributed by atoms with Crippen molar-refractivity contribution in [2.24, 2.45) is 20.5 Å². The molecule has 0 unspecified atom stereocenters. The van der Waals surface area contributed by atoms with Gasteiger partial charge in [0, 0.05) is 11.4 Å². The van der Waals surface area contributed by atoms with Crippen molar-refractivity contribution < 1.29 is 65.0 Å². The van der Waals surface area contributed by atoms with Crippen LogP contribution in [0.4, 0.5) is 28.4 Å². The minimum absolute atomic E-state index is 0.00302. The number of aromatic hydroxyl groups is 1. The lowest BCUT2D eigenvalue weighted by molar-refractivity contribution is -0.432. The van der Waals surface area contributed by atoms with Gasteiger partial charge in [-0.15, -0.1) is 24.0 Å². The topological polar surface area (TPSA) is 283 Å². The van der Waals surface area contributed by atoms with Crippen molar-refractivity contribution in [3.05, 3.63) is 54.6 Å². The van der Waals surface area contributed by atoms with Crippen LogP contribution < -0.4 is 5.73 Å². The number of phenolic OH excluding ortho intramolecular Hbond substituents is 1. The molecule has 0 bridgehead atoms. The number of sulfone groups is 1. The Bertz CT molecular complexity index is 2270. The Kier molecular flexibility index (Phi) is 14.8. The summed E-state index contributed by atoms with van der Waals surface area (Å²) in [4.78, 5) is 5.50. The van der Waals surface area contributed by atoms with E-state index < -0.39 is 36.3 Å². The monoisotopic (exact) mass is 830 g/mol. The molecular formula is C28H26N6O14S5. The van der Waals surface area contributed by atoms with Crippen LogP contribution in [0.2, 0.25) is 0 Å². The summed E-state index contributed by atoms with van der Waals surface area (Å²) in [7, 11) is -5.53. The van der Waals surface area contributed by atoms with E-state index >= 15 is 0 Å². The Balaban J connectivity index is 1.84. The lowest BCUT2D eigenvalue weighted by Gasteiger charge is -2.14. The van der Waals surface area contributed by atoms with Crippen molar-refractivity contribution in [2.75, 3.05) is 32.1 Å². The number of nitrogens with two attached hydrogens (primary N) is 1. The van der Waals surface area contributed by atoms with Crippen LogP contribution in [0.25, 0.3) is 10.8 Å². The Morgan fingerprint density at radius 3 is 2.13 bits per heavy atom. The van der Waals surface area contributed by atoms with Gasteiger partial charge in [-0.3, -0.25) is 9.44 Å². The van der Waals surface area contributed by atoms with E-state index in [4.69, 9.17) is 27.0 Å². The zero-order valence-corrected chi connectivity index (χ0v) is 31.0. The largest absolute Gasteiger partial charge is 0.505 e. The van der Waals surface area contributed by atoms with Gasteiger partial charge in [-0.25, -0.2) is 18.9 Å². The summed E-state index contributed by atoms with van der Waals surface area (Å²) in [6, 6.07) is 12.0. The summed E-state index contributed by atoms with van der Waals surface area (Å²) in [5.74, 6) is -1.12. The van der Waals surface area contributed by atoms with E-state index in [-0.39, 0.29) is 54.8 Å². The van der Waals surface area contributed by atoms with Crippen LogP contribution in [0.15, 0.2) is 99.5 Å². The summed E-state index contributed by atoms with van der Waals surface area (Å²) in [5, 5.41) is 52.0. The first-order chi connectivity index (χ1) is 25.2. The lowest BCUT2D eigenvalue weighted by Crippen LogP contribution is -2.21. The number of hydrogen-bond donors (Lipinski definition) is 5. The first-order valence-corrected chi connectivity index (χ1v) is 19.3. The molecular weight excluding hydrogens is 805 g/mol. The van der Waals surface area contributed by atoms with E-state index in [0.29, 0.717) is 34.7 Å². The Labute approximate surface area is 313 Å². The second kappa shape index (κ2) is 18.8. The normalized spacial score (nSPS) is 12.3. The van der Waals surface area contributed by atoms with Gasteiger partial charge < -0.3 is 15.7 Å². The van der Waals surface area contributed by atoms with E-state index in [0.717, 1.165) is 24.2 Å². The van der Waals surface area contributed by atoms with E-state index in [1.54, 1.807) is 43.3 Å². The maximum absolute atomic E-state index is 12.9. The van der Waals surface area contributed by atoms with Crippen LogP contribution in [0.3, 0.4) is 0 Å². The molecule has 6 N–H and O–H groups in total. The Morgan fingerprint density at radius 1 is 0.849 bits per heavy atom. The van der Waals surface area contributed by atoms with Gasteiger partial charge in [0.05, 0.1) is 73.3 Å². The summed E-state index contributed by atoms with van der Waals surface area (Å²) in [6.45, 7) is 0.212. The lowest BCUT2D eigenvalue weighted by atomic mass is 10.1. The molecule has 282 valence electrons. The van der Waals surface area contributed by atoms with Gasteiger partial charge >= 0.3 is 0 Å². The molecule has 53 heavy (non-hydrogen) atoms. The molecule has 0 atom stereocenters. The van der Waals surface area contributed by atoms with Crippen molar-refractivity contribution in [2.45, 2.75) is 24.5 Å². The molecule has 25 heteroatoms. The van der Waals surface area contributed by atoms with Gasteiger partial charge in [-0.05, 0) is 74.1 Å². The molecule has 20 nitrogen and oxygen atoms in total. The maximum Gasteiger partial charge on any atom is 0.296 e. The van der Waals surface area contributed by atoms with Gasteiger partial charge in [0.1, 0.15) is 22.0 Å². The molecule has 4 aromatic carbocycles. The van der Waals surface area contributed by atoms with Crippen molar-refractivity contribution in [3.8, 4) is 18.3 Å². The number of nitrogen functional groups attached to an aromatic ring is 1. The summed E-state index contributed by atoms with van der Waals surface area (Å²) in [5.41, 5.74) is 5.36. The predicted molar refractivity (Wildman–Crippen MR) is 190 cm³/mol. The average Bonchev–Trinajstić information content (AvgIpc) is 3.11. The third-order valence-corrected chi connectivity index (χ3v) is 11.0. The second-order valence-electron chi connectivity index (χ2n) is 10.2. The average molecular weight is 831 g/mol. The molecule has 4 aromatic rings. The molecule has 0 radical (unpaired) electrons. The highest BCUT2D eigenvalue weighted by Crippen LogP contribution is 2.49. The van der Waals surface area contributed by atoms with Gasteiger partial charge in [0.25, 0.3) is 10.1 Å². The molecule has 0 aliphatic heterocycles. The fourth-order valence-corrected chi connectivity index (χ4v) is 7.72. The van der Waals surface area contributed by atoms with Crippen LogP contribution in [0.5, 0.6) is 5.75 Å². The fourth-order valence-electron chi connectivity index (χ4n) is 4.19. The van der Waals surface area contributed by atoms with Crippen molar-refractivity contribution in [1.82, 2.24) is 4.90 Å². The van der Waals surface area contributed by atoms with Crippen molar-refractivity contribution in [3.63, 3.8) is 0 Å². The SMILES string of the molecule is C#COOSc1ccc(N=Nc2c(SOOO)cc3cc(S(=O)(=O)O)c(N=Nc4ccc(S(=O)(=O)CCN(C)C)cc4SOOO)c(O)c3c2N)cc1. The summed E-state index contributed by atoms with van der Waals surface area (Å²) in [6.07, 6.45) is 6.80. The quantitative estimate of drug-likeness (QED) is 0.00991. The van der Waals surface area contributed by atoms with Crippen molar-refractivity contribution >= 4 is 95.3 Å². The molecule has 0 fully saturated rings. The Hall–Kier alpha value is -4.11. The van der Waals surface area contributed by atoms with Crippen LogP contribution >= 0.6 is 36.1 Å². The molecule has 0 aliphatic rings. The molecule has 0 aromatic heterocycles. The molecule has 4 rings (SSSR count). The van der Waals surface area contributed by atoms with Crippen molar-refractivity contribution in [1.29, 1.82) is 0 Å². The molecule has 0 heterocycles. The number of phenols is 1. The van der Waals surface area contributed by atoms with Gasteiger partial charge in [0.2, 0.25) is 0 Å². The van der Waals surface area contributed by atoms with E-state index in [1.807, 2.05) is 6.11 Å². The molecule has 0 aliphatic carbocycles. The van der Waals surface area contributed by atoms with E-state index in [1.165, 1.54) is 18.2 Å². The number of nitrogens with zero attached hydrogens (tertiary/aromatic N) is 5. The molecule has 0 saturated heterocycles. The van der Waals surface area contributed by atoms with Crippen LogP contribution in [0.1, 0.15) is 0 Å². The molecule has 0 amide bonds. The van der Waals surface area contributed by atoms with Gasteiger partial charge in [-0.2, -0.15) is 13.5 Å². The highest BCUT2D eigenvalue weighted by Gasteiger charge is 2.26. The number of anilines is 1. The molecule has 0 saturated carbocycles. The zero-order valence-electron chi connectivity index (χ0n) is 26.9. The maximum atomic E-state index is 12.9. The number of rotatable bonds is 18. The first kappa shape index (κ1) is 41.6. The number of fused-ring (bicyclic) bond motifs is 1. The summed E-state index contributed by atoms with van der Waals surface area (Å²) >= 11 is 1.56. The standard InChI is InChI=1S/C28H26N6O14S5/c1-4-43-46-49-18-7-5-17(6-8-18)30-32-26-22(51-48-45-37)13-16-14-23(53(40,41)42)27(28(35)24(16)25(26)29)33-31-20-10-9-19(15-21(20)50-47-44-36)52(38,39)12-11-34(2)3/h1,5-10,13-15,35-37H,11-12,29H2,2-3H3,(H,40,41,42). The zero-order chi connectivity index (χ0) is 38.8. The minimum atomic E-state index is -5.12. The number of hydrogen-bond acceptors (Lipinski definition) is 22. The van der Waals surface area contributed by atoms with E-state index in [2.05, 4.69) is 44.1 Å². The van der Waals surface area contributed by atoms with Gasteiger partial charge in [-0.1, -0.05) is 20.8 Å². The fraction of sp³-hybridized carbons (Fsp3) is 0.143. The second-order valence-corrected chi connectivity index (χ2v) is 16.0. The highest BCUT2D eigenvalue weighted by molar-refractivity contribution is 7.95. The van der Waals surface area contributed by atoms with Gasteiger partial charge in [0.15, 0.2) is 21.7 Å².